The molecule has 2 heterocycles. The third kappa shape index (κ3) is 2.46. The number of ether oxygens (including phenoxy) is 2. The van der Waals surface area contributed by atoms with E-state index >= 15 is 0 Å². The number of benzene rings is 1. The van der Waals surface area contributed by atoms with Gasteiger partial charge >= 0.3 is 0 Å². The molecular weight excluding hydrogens is 292 g/mol. The van der Waals surface area contributed by atoms with E-state index in [9.17, 15) is 10.4 Å². The zero-order valence-electron chi connectivity index (χ0n) is 13.2. The number of likely N-dealkylation sites (tertiary alicyclic amines) is 1. The molecule has 2 aliphatic heterocycles. The molecule has 0 spiro atoms. The van der Waals surface area contributed by atoms with Gasteiger partial charge in [-0.3, -0.25) is 4.90 Å². The second kappa shape index (κ2) is 5.70. The molecule has 0 bridgehead atoms. The number of hydrogen-bond acceptors (Lipinski definition) is 5. The van der Waals surface area contributed by atoms with E-state index in [1.165, 1.54) is 0 Å². The van der Waals surface area contributed by atoms with Crippen LogP contribution in [0.25, 0.3) is 0 Å². The van der Waals surface area contributed by atoms with Gasteiger partial charge in [-0.25, -0.2) is 0 Å². The quantitative estimate of drug-likeness (QED) is 0.850. The molecular formula is C18H22N2O3. The average Bonchev–Trinajstić information content (AvgIpc) is 3.02. The Kier molecular flexibility index (Phi) is 3.67. The fourth-order valence-corrected chi connectivity index (χ4v) is 4.55. The van der Waals surface area contributed by atoms with E-state index in [2.05, 4.69) is 17.0 Å². The smallest absolute Gasteiger partial charge is 0.231 e. The summed E-state index contributed by atoms with van der Waals surface area (Å²) in [6.07, 6.45) is 4.89. The molecule has 0 radical (unpaired) electrons. The van der Waals surface area contributed by atoms with Gasteiger partial charge in [0.1, 0.15) is 0 Å². The third-order valence-electron chi connectivity index (χ3n) is 5.68. The lowest BCUT2D eigenvalue weighted by Crippen LogP contribution is -2.54. The summed E-state index contributed by atoms with van der Waals surface area (Å²) < 4.78 is 10.9. The fourth-order valence-electron chi connectivity index (χ4n) is 4.55. The molecule has 3 atom stereocenters. The molecule has 1 aromatic carbocycles. The highest BCUT2D eigenvalue weighted by atomic mass is 16.7. The van der Waals surface area contributed by atoms with E-state index in [-0.39, 0.29) is 18.8 Å². The van der Waals surface area contributed by atoms with Gasteiger partial charge in [-0.1, -0.05) is 18.9 Å². The molecule has 5 heteroatoms. The second-order valence-electron chi connectivity index (χ2n) is 6.89. The van der Waals surface area contributed by atoms with Gasteiger partial charge < -0.3 is 14.6 Å². The minimum Gasteiger partial charge on any atom is -0.454 e. The first kappa shape index (κ1) is 14.8. The van der Waals surface area contributed by atoms with Gasteiger partial charge in [0, 0.05) is 18.5 Å². The summed E-state index contributed by atoms with van der Waals surface area (Å²) in [6.45, 7) is 1.42. The Labute approximate surface area is 136 Å². The molecule has 23 heavy (non-hydrogen) atoms. The zero-order chi connectivity index (χ0) is 15.9. The molecule has 4 rings (SSSR count). The van der Waals surface area contributed by atoms with E-state index in [0.29, 0.717) is 6.54 Å². The van der Waals surface area contributed by atoms with Crippen LogP contribution >= 0.6 is 0 Å². The summed E-state index contributed by atoms with van der Waals surface area (Å²) in [5.41, 5.74) is 0.528. The molecule has 0 unspecified atom stereocenters. The summed E-state index contributed by atoms with van der Waals surface area (Å²) in [5, 5.41) is 20.3. The number of fused-ring (bicyclic) bond motifs is 2. The van der Waals surface area contributed by atoms with Crippen LogP contribution in [0.1, 0.15) is 43.7 Å². The van der Waals surface area contributed by atoms with Crippen LogP contribution in [0, 0.1) is 17.2 Å². The number of piperidine rings is 1. The van der Waals surface area contributed by atoms with Crippen LogP contribution < -0.4 is 9.47 Å². The first-order chi connectivity index (χ1) is 11.2. The molecule has 3 aliphatic rings. The van der Waals surface area contributed by atoms with Crippen molar-refractivity contribution in [2.75, 3.05) is 19.9 Å². The Morgan fingerprint density at radius 3 is 3.00 bits per heavy atom. The molecule has 0 aromatic heterocycles. The lowest BCUT2D eigenvalue weighted by molar-refractivity contribution is -0.121. The van der Waals surface area contributed by atoms with E-state index in [0.717, 1.165) is 55.7 Å². The Balaban J connectivity index is 1.72. The van der Waals surface area contributed by atoms with E-state index < -0.39 is 5.60 Å². The van der Waals surface area contributed by atoms with Crippen LogP contribution in [-0.2, 0) is 0 Å². The monoisotopic (exact) mass is 314 g/mol. The number of aliphatic hydroxyl groups is 1. The lowest BCUT2D eigenvalue weighted by atomic mass is 9.66. The topological polar surface area (TPSA) is 65.7 Å². The second-order valence-corrected chi connectivity index (χ2v) is 6.89. The van der Waals surface area contributed by atoms with Gasteiger partial charge in [0.05, 0.1) is 18.2 Å². The van der Waals surface area contributed by atoms with Gasteiger partial charge in [0.25, 0.3) is 0 Å². The van der Waals surface area contributed by atoms with Crippen LogP contribution in [0.5, 0.6) is 11.5 Å². The van der Waals surface area contributed by atoms with Crippen molar-refractivity contribution in [3.63, 3.8) is 0 Å². The Bertz CT molecular complexity index is 642. The molecule has 5 nitrogen and oxygen atoms in total. The predicted molar refractivity (Wildman–Crippen MR) is 84.0 cm³/mol. The summed E-state index contributed by atoms with van der Waals surface area (Å²) in [7, 11) is 0. The first-order valence-corrected chi connectivity index (χ1v) is 8.44. The Hall–Kier alpha value is -1.77. The Morgan fingerprint density at radius 2 is 2.13 bits per heavy atom. The van der Waals surface area contributed by atoms with Crippen molar-refractivity contribution in [3.8, 4) is 17.6 Å². The van der Waals surface area contributed by atoms with Crippen molar-refractivity contribution in [1.82, 2.24) is 4.90 Å². The molecule has 1 N–H and O–H groups in total. The maximum absolute atomic E-state index is 11.1. The highest BCUT2D eigenvalue weighted by Gasteiger charge is 2.48. The van der Waals surface area contributed by atoms with Crippen LogP contribution in [0.3, 0.4) is 0 Å². The highest BCUT2D eigenvalue weighted by Crippen LogP contribution is 2.50. The molecule has 1 aromatic rings. The standard InChI is InChI=1S/C18H22N2O3/c19-8-10-20-9-7-18(21)6-2-1-3-14(18)17(20)13-4-5-15-16(11-13)23-12-22-15/h4-5,11,14,17,21H,1-3,6-7,9-10,12H2/t14-,17+,18-/m0/s1. The minimum atomic E-state index is -0.592. The van der Waals surface area contributed by atoms with E-state index in [4.69, 9.17) is 9.47 Å². The van der Waals surface area contributed by atoms with Crippen molar-refractivity contribution in [2.45, 2.75) is 43.7 Å². The average molecular weight is 314 g/mol. The van der Waals surface area contributed by atoms with Crippen LogP contribution in [0.4, 0.5) is 0 Å². The third-order valence-corrected chi connectivity index (χ3v) is 5.68. The minimum absolute atomic E-state index is 0.0724. The van der Waals surface area contributed by atoms with Gasteiger partial charge in [-0.05, 0) is 37.0 Å². The lowest BCUT2D eigenvalue weighted by Gasteiger charge is -2.52. The number of hydrogen-bond donors (Lipinski definition) is 1. The van der Waals surface area contributed by atoms with Gasteiger partial charge in [-0.15, -0.1) is 0 Å². The summed E-state index contributed by atoms with van der Waals surface area (Å²) in [4.78, 5) is 2.21. The van der Waals surface area contributed by atoms with Crippen LogP contribution in [-0.4, -0.2) is 35.5 Å². The zero-order valence-corrected chi connectivity index (χ0v) is 13.2. The van der Waals surface area contributed by atoms with E-state index in [1.807, 2.05) is 12.1 Å². The molecule has 2 fully saturated rings. The van der Waals surface area contributed by atoms with Crippen LogP contribution in [0.2, 0.25) is 0 Å². The van der Waals surface area contributed by atoms with Crippen molar-refractivity contribution < 1.29 is 14.6 Å². The maximum Gasteiger partial charge on any atom is 0.231 e. The van der Waals surface area contributed by atoms with Gasteiger partial charge in [0.2, 0.25) is 6.79 Å². The molecule has 122 valence electrons. The fraction of sp³-hybridized carbons (Fsp3) is 0.611. The number of nitriles is 1. The predicted octanol–water partition coefficient (Wildman–Crippen LogP) is 2.61. The van der Waals surface area contributed by atoms with Crippen molar-refractivity contribution in [3.05, 3.63) is 23.8 Å². The van der Waals surface area contributed by atoms with Crippen molar-refractivity contribution >= 4 is 0 Å². The summed E-state index contributed by atoms with van der Waals surface area (Å²) in [6, 6.07) is 8.39. The molecule has 1 saturated carbocycles. The van der Waals surface area contributed by atoms with Gasteiger partial charge in [-0.2, -0.15) is 5.26 Å². The van der Waals surface area contributed by atoms with E-state index in [1.54, 1.807) is 0 Å². The van der Waals surface area contributed by atoms with Crippen molar-refractivity contribution in [2.24, 2.45) is 5.92 Å². The maximum atomic E-state index is 11.1. The first-order valence-electron chi connectivity index (χ1n) is 8.44. The molecule has 0 amide bonds. The molecule has 1 aliphatic carbocycles. The van der Waals surface area contributed by atoms with Gasteiger partial charge in [0.15, 0.2) is 11.5 Å². The summed E-state index contributed by atoms with van der Waals surface area (Å²) >= 11 is 0. The van der Waals surface area contributed by atoms with Crippen molar-refractivity contribution in [1.29, 1.82) is 5.26 Å². The van der Waals surface area contributed by atoms with Crippen LogP contribution in [0.15, 0.2) is 18.2 Å². The molecule has 1 saturated heterocycles. The Morgan fingerprint density at radius 1 is 1.26 bits per heavy atom. The SMILES string of the molecule is N#CCN1CC[C@@]2(O)CCCC[C@H]2[C@H]1c1ccc2c(c1)OCO2. The highest BCUT2D eigenvalue weighted by molar-refractivity contribution is 5.45. The normalized spacial score (nSPS) is 33.0. The largest absolute Gasteiger partial charge is 0.454 e. The number of rotatable bonds is 2. The number of nitrogens with zero attached hydrogens (tertiary/aromatic N) is 2. The summed E-state index contributed by atoms with van der Waals surface area (Å²) in [5.74, 6) is 1.72.